The van der Waals surface area contributed by atoms with Crippen LogP contribution >= 0.6 is 0 Å². The second kappa shape index (κ2) is 5.36. The van der Waals surface area contributed by atoms with Crippen molar-refractivity contribution in [2.24, 2.45) is 0 Å². The number of nitrogens with one attached hydrogen (secondary N) is 1. The van der Waals surface area contributed by atoms with Gasteiger partial charge in [0.25, 0.3) is 0 Å². The molecule has 1 saturated heterocycles. The van der Waals surface area contributed by atoms with Crippen LogP contribution in [0.3, 0.4) is 0 Å². The van der Waals surface area contributed by atoms with Gasteiger partial charge in [-0.15, -0.1) is 0 Å². The highest BCUT2D eigenvalue weighted by Crippen LogP contribution is 2.34. The number of aromatic nitrogens is 2. The molecule has 3 nitrogen and oxygen atoms in total. The molecule has 2 heterocycles. The molecule has 1 aliphatic heterocycles. The first-order chi connectivity index (χ1) is 10.3. The fourth-order valence-electron chi connectivity index (χ4n) is 4.04. The largest absolute Gasteiger partial charge is 0.371 e. The Hall–Kier alpha value is -1.51. The van der Waals surface area contributed by atoms with Crippen molar-refractivity contribution in [2.45, 2.75) is 57.8 Å². The summed E-state index contributed by atoms with van der Waals surface area (Å²) in [5, 5.41) is 0. The highest BCUT2D eigenvalue weighted by Gasteiger charge is 2.20. The fraction of sp³-hybridized carbons (Fsp3) is 0.611. The van der Waals surface area contributed by atoms with Crippen LogP contribution in [0, 0.1) is 6.92 Å². The van der Waals surface area contributed by atoms with Gasteiger partial charge in [-0.05, 0) is 50.3 Å². The zero-order valence-corrected chi connectivity index (χ0v) is 13.0. The quantitative estimate of drug-likeness (QED) is 0.878. The van der Waals surface area contributed by atoms with Crippen LogP contribution in [0.2, 0.25) is 0 Å². The van der Waals surface area contributed by atoms with Crippen molar-refractivity contribution in [3.8, 4) is 0 Å². The molecule has 0 bridgehead atoms. The van der Waals surface area contributed by atoms with Gasteiger partial charge in [0.05, 0.1) is 11.0 Å². The van der Waals surface area contributed by atoms with Crippen molar-refractivity contribution < 1.29 is 0 Å². The van der Waals surface area contributed by atoms with Crippen LogP contribution in [-0.4, -0.2) is 23.1 Å². The Morgan fingerprint density at radius 2 is 1.81 bits per heavy atom. The number of nitrogens with zero attached hydrogens (tertiary/aromatic N) is 2. The van der Waals surface area contributed by atoms with E-state index in [1.165, 1.54) is 80.6 Å². The van der Waals surface area contributed by atoms with E-state index in [0.29, 0.717) is 5.92 Å². The molecule has 21 heavy (non-hydrogen) atoms. The Balaban J connectivity index is 1.70. The normalized spacial score (nSPS) is 20.5. The summed E-state index contributed by atoms with van der Waals surface area (Å²) in [6.07, 6.45) is 9.38. The van der Waals surface area contributed by atoms with E-state index in [1.54, 1.807) is 0 Å². The first kappa shape index (κ1) is 13.2. The lowest BCUT2D eigenvalue weighted by Gasteiger charge is -2.19. The van der Waals surface area contributed by atoms with Crippen LogP contribution < -0.4 is 4.90 Å². The van der Waals surface area contributed by atoms with Gasteiger partial charge in [-0.1, -0.05) is 19.3 Å². The van der Waals surface area contributed by atoms with Crippen molar-refractivity contribution in [3.05, 3.63) is 23.5 Å². The number of hydrogen-bond donors (Lipinski definition) is 1. The summed E-state index contributed by atoms with van der Waals surface area (Å²) in [5.41, 5.74) is 5.14. The predicted molar refractivity (Wildman–Crippen MR) is 88.1 cm³/mol. The van der Waals surface area contributed by atoms with Gasteiger partial charge in [0, 0.05) is 24.7 Å². The molecule has 0 unspecified atom stereocenters. The highest BCUT2D eigenvalue weighted by molar-refractivity contribution is 5.82. The van der Waals surface area contributed by atoms with E-state index in [2.05, 4.69) is 28.9 Å². The second-order valence-electron chi connectivity index (χ2n) is 6.81. The molecule has 2 aromatic rings. The third-order valence-electron chi connectivity index (χ3n) is 5.26. The molecule has 1 aliphatic carbocycles. The average molecular weight is 283 g/mol. The summed E-state index contributed by atoms with van der Waals surface area (Å²) >= 11 is 0. The van der Waals surface area contributed by atoms with E-state index in [1.807, 2.05) is 0 Å². The van der Waals surface area contributed by atoms with E-state index in [-0.39, 0.29) is 0 Å². The van der Waals surface area contributed by atoms with E-state index < -0.39 is 0 Å². The van der Waals surface area contributed by atoms with Gasteiger partial charge in [0.15, 0.2) is 0 Å². The van der Waals surface area contributed by atoms with Crippen LogP contribution in [-0.2, 0) is 0 Å². The Morgan fingerprint density at radius 3 is 2.57 bits per heavy atom. The molecule has 0 spiro atoms. The third kappa shape index (κ3) is 2.43. The molecular weight excluding hydrogens is 258 g/mol. The van der Waals surface area contributed by atoms with Crippen molar-refractivity contribution in [3.63, 3.8) is 0 Å². The maximum Gasteiger partial charge on any atom is 0.110 e. The molecule has 4 rings (SSSR count). The molecule has 1 N–H and O–H groups in total. The maximum absolute atomic E-state index is 4.93. The molecule has 2 aliphatic rings. The van der Waals surface area contributed by atoms with Crippen LogP contribution in [0.4, 0.5) is 5.69 Å². The minimum Gasteiger partial charge on any atom is -0.371 e. The lowest BCUT2D eigenvalue weighted by atomic mass is 9.89. The monoisotopic (exact) mass is 283 g/mol. The fourth-order valence-corrected chi connectivity index (χ4v) is 4.04. The Kier molecular flexibility index (Phi) is 3.36. The number of fused-ring (bicyclic) bond motifs is 1. The summed E-state index contributed by atoms with van der Waals surface area (Å²) in [5.74, 6) is 1.88. The summed E-state index contributed by atoms with van der Waals surface area (Å²) in [4.78, 5) is 11.0. The SMILES string of the molecule is Cc1cc2[nH]c(C3CCCCC3)nc2cc1N1CCCC1. The molecule has 2 fully saturated rings. The zero-order chi connectivity index (χ0) is 14.2. The number of hydrogen-bond acceptors (Lipinski definition) is 2. The van der Waals surface area contributed by atoms with Crippen LogP contribution in [0.5, 0.6) is 0 Å². The van der Waals surface area contributed by atoms with Crippen molar-refractivity contribution in [1.29, 1.82) is 0 Å². The number of aromatic amines is 1. The topological polar surface area (TPSA) is 31.9 Å². The number of aryl methyl sites for hydroxylation is 1. The lowest BCUT2D eigenvalue weighted by Crippen LogP contribution is -2.18. The molecule has 3 heteroatoms. The van der Waals surface area contributed by atoms with Gasteiger partial charge in [-0.3, -0.25) is 0 Å². The van der Waals surface area contributed by atoms with Crippen molar-refractivity contribution in [2.75, 3.05) is 18.0 Å². The molecule has 1 saturated carbocycles. The summed E-state index contributed by atoms with van der Waals surface area (Å²) in [6, 6.07) is 4.60. The van der Waals surface area contributed by atoms with Crippen molar-refractivity contribution >= 4 is 16.7 Å². The van der Waals surface area contributed by atoms with E-state index >= 15 is 0 Å². The van der Waals surface area contributed by atoms with Gasteiger partial charge < -0.3 is 9.88 Å². The minimum atomic E-state index is 0.654. The van der Waals surface area contributed by atoms with Gasteiger partial charge in [-0.2, -0.15) is 0 Å². The average Bonchev–Trinajstić information content (AvgIpc) is 3.16. The van der Waals surface area contributed by atoms with Crippen molar-refractivity contribution in [1.82, 2.24) is 9.97 Å². The van der Waals surface area contributed by atoms with E-state index in [0.717, 1.165) is 5.52 Å². The smallest absolute Gasteiger partial charge is 0.110 e. The number of imidazole rings is 1. The zero-order valence-electron chi connectivity index (χ0n) is 13.0. The van der Waals surface area contributed by atoms with Gasteiger partial charge in [-0.25, -0.2) is 4.98 Å². The van der Waals surface area contributed by atoms with E-state index in [4.69, 9.17) is 4.98 Å². The Bertz CT molecular complexity index is 631. The molecule has 112 valence electrons. The van der Waals surface area contributed by atoms with Gasteiger partial charge >= 0.3 is 0 Å². The van der Waals surface area contributed by atoms with Crippen LogP contribution in [0.25, 0.3) is 11.0 Å². The molecule has 0 atom stereocenters. The number of H-pyrrole nitrogens is 1. The van der Waals surface area contributed by atoms with Gasteiger partial charge in [0.2, 0.25) is 0 Å². The molecule has 1 aromatic heterocycles. The first-order valence-electron chi connectivity index (χ1n) is 8.56. The predicted octanol–water partition coefficient (Wildman–Crippen LogP) is 4.52. The summed E-state index contributed by atoms with van der Waals surface area (Å²) in [7, 11) is 0. The standard InChI is InChI=1S/C18H25N3/c1-13-11-15-16(12-17(13)21-9-5-6-10-21)20-18(19-15)14-7-3-2-4-8-14/h11-12,14H,2-10H2,1H3,(H,19,20). The number of rotatable bonds is 2. The second-order valence-corrected chi connectivity index (χ2v) is 6.81. The summed E-state index contributed by atoms with van der Waals surface area (Å²) < 4.78 is 0. The number of anilines is 1. The maximum atomic E-state index is 4.93. The number of benzene rings is 1. The summed E-state index contributed by atoms with van der Waals surface area (Å²) in [6.45, 7) is 4.63. The van der Waals surface area contributed by atoms with E-state index in [9.17, 15) is 0 Å². The molecule has 1 aromatic carbocycles. The first-order valence-corrected chi connectivity index (χ1v) is 8.56. The Labute approximate surface area is 126 Å². The Morgan fingerprint density at radius 1 is 1.05 bits per heavy atom. The molecular formula is C18H25N3. The minimum absolute atomic E-state index is 0.654. The lowest BCUT2D eigenvalue weighted by molar-refractivity contribution is 0.431. The highest BCUT2D eigenvalue weighted by atomic mass is 15.1. The van der Waals surface area contributed by atoms with Gasteiger partial charge in [0.1, 0.15) is 5.82 Å². The van der Waals surface area contributed by atoms with Crippen LogP contribution in [0.1, 0.15) is 62.3 Å². The molecule has 0 amide bonds. The molecule has 0 radical (unpaired) electrons. The van der Waals surface area contributed by atoms with Crippen LogP contribution in [0.15, 0.2) is 12.1 Å². The third-order valence-corrected chi connectivity index (χ3v) is 5.26.